The van der Waals surface area contributed by atoms with Crippen LogP contribution in [0.3, 0.4) is 0 Å². The van der Waals surface area contributed by atoms with E-state index in [1.165, 1.54) is 32.1 Å². The fraction of sp³-hybridized carbons (Fsp3) is 1.00. The lowest BCUT2D eigenvalue weighted by Crippen LogP contribution is -2.43. The molecule has 0 heterocycles. The van der Waals surface area contributed by atoms with Crippen LogP contribution in [-0.4, -0.2) is 18.2 Å². The first-order valence-electron chi connectivity index (χ1n) is 6.19. The highest BCUT2D eigenvalue weighted by Gasteiger charge is 2.30. The third kappa shape index (κ3) is 2.48. The van der Waals surface area contributed by atoms with Crippen LogP contribution < -0.4 is 5.73 Å². The smallest absolute Gasteiger partial charge is 0.0608 e. The molecule has 0 spiro atoms. The highest BCUT2D eigenvalue weighted by molar-refractivity contribution is 4.84. The molecule has 0 aromatic rings. The topological polar surface area (TPSA) is 35.2 Å². The van der Waals surface area contributed by atoms with Gasteiger partial charge in [0, 0.05) is 6.04 Å². The van der Waals surface area contributed by atoms with Gasteiger partial charge in [-0.05, 0) is 44.4 Å². The molecule has 2 saturated carbocycles. The number of rotatable bonds is 3. The van der Waals surface area contributed by atoms with Gasteiger partial charge in [0.15, 0.2) is 0 Å². The molecule has 2 rings (SSSR count). The summed E-state index contributed by atoms with van der Waals surface area (Å²) in [5, 5.41) is 0. The lowest BCUT2D eigenvalue weighted by atomic mass is 9.85. The molecule has 0 radical (unpaired) electrons. The maximum absolute atomic E-state index is 6.01. The van der Waals surface area contributed by atoms with Gasteiger partial charge in [0.2, 0.25) is 0 Å². The molecule has 82 valence electrons. The molecule has 0 atom stereocenters. The van der Waals surface area contributed by atoms with E-state index in [9.17, 15) is 0 Å². The summed E-state index contributed by atoms with van der Waals surface area (Å²) in [7, 11) is 0. The fourth-order valence-corrected chi connectivity index (χ4v) is 2.67. The average molecular weight is 197 g/mol. The first-order chi connectivity index (χ1) is 6.78. The molecule has 0 aromatic heterocycles. The van der Waals surface area contributed by atoms with Crippen LogP contribution >= 0.6 is 0 Å². The lowest BCUT2D eigenvalue weighted by Gasteiger charge is -2.37. The van der Waals surface area contributed by atoms with E-state index in [1.807, 2.05) is 0 Å². The highest BCUT2D eigenvalue weighted by atomic mass is 16.5. The zero-order chi connectivity index (χ0) is 9.97. The SMILES string of the molecule is CCC1CCC(OC2CC(N)C2)CC1. The summed E-state index contributed by atoms with van der Waals surface area (Å²) in [6.45, 7) is 2.30. The Balaban J connectivity index is 1.64. The molecule has 0 bridgehead atoms. The van der Waals surface area contributed by atoms with Crippen molar-refractivity contribution >= 4 is 0 Å². The van der Waals surface area contributed by atoms with Crippen molar-refractivity contribution in [3.63, 3.8) is 0 Å². The van der Waals surface area contributed by atoms with E-state index >= 15 is 0 Å². The Bertz CT molecular complexity index is 169. The lowest BCUT2D eigenvalue weighted by molar-refractivity contribution is -0.0761. The molecule has 0 amide bonds. The Morgan fingerprint density at radius 2 is 1.71 bits per heavy atom. The first kappa shape index (κ1) is 10.4. The first-order valence-corrected chi connectivity index (χ1v) is 6.19. The Morgan fingerprint density at radius 3 is 2.21 bits per heavy atom. The van der Waals surface area contributed by atoms with E-state index < -0.39 is 0 Å². The molecular formula is C12H23NO. The van der Waals surface area contributed by atoms with Gasteiger partial charge in [0.25, 0.3) is 0 Å². The minimum atomic E-state index is 0.423. The van der Waals surface area contributed by atoms with Gasteiger partial charge in [-0.1, -0.05) is 13.3 Å². The second kappa shape index (κ2) is 4.63. The molecule has 2 aliphatic rings. The standard InChI is InChI=1S/C12H23NO/c1-2-9-3-5-11(6-4-9)14-12-7-10(13)8-12/h9-12H,2-8,13H2,1H3. The molecule has 2 fully saturated rings. The Kier molecular flexibility index (Phi) is 3.45. The third-order valence-electron chi connectivity index (χ3n) is 3.89. The van der Waals surface area contributed by atoms with Crippen molar-refractivity contribution in [1.29, 1.82) is 0 Å². The predicted octanol–water partition coefficient (Wildman–Crippen LogP) is 2.46. The molecule has 14 heavy (non-hydrogen) atoms. The van der Waals surface area contributed by atoms with E-state index in [-0.39, 0.29) is 0 Å². The number of ether oxygens (including phenoxy) is 1. The van der Waals surface area contributed by atoms with E-state index in [4.69, 9.17) is 10.5 Å². The zero-order valence-electron chi connectivity index (χ0n) is 9.24. The molecule has 2 N–H and O–H groups in total. The minimum absolute atomic E-state index is 0.423. The van der Waals surface area contributed by atoms with E-state index in [0.29, 0.717) is 18.2 Å². The van der Waals surface area contributed by atoms with Crippen LogP contribution in [-0.2, 0) is 4.74 Å². The Morgan fingerprint density at radius 1 is 1.07 bits per heavy atom. The normalized spacial score (nSPS) is 43.3. The van der Waals surface area contributed by atoms with Gasteiger partial charge in [0.05, 0.1) is 12.2 Å². The monoisotopic (exact) mass is 197 g/mol. The summed E-state index contributed by atoms with van der Waals surface area (Å²) >= 11 is 0. The van der Waals surface area contributed by atoms with Crippen LogP contribution in [0.1, 0.15) is 51.9 Å². The van der Waals surface area contributed by atoms with Crippen LogP contribution in [0, 0.1) is 5.92 Å². The van der Waals surface area contributed by atoms with Crippen LogP contribution in [0.2, 0.25) is 0 Å². The van der Waals surface area contributed by atoms with Gasteiger partial charge in [-0.15, -0.1) is 0 Å². The summed E-state index contributed by atoms with van der Waals surface area (Å²) in [5.74, 6) is 0.971. The molecule has 2 heteroatoms. The van der Waals surface area contributed by atoms with Gasteiger partial charge in [-0.25, -0.2) is 0 Å². The van der Waals surface area contributed by atoms with Crippen LogP contribution in [0.4, 0.5) is 0 Å². The molecule has 2 nitrogen and oxygen atoms in total. The fourth-order valence-electron chi connectivity index (χ4n) is 2.67. The number of hydrogen-bond acceptors (Lipinski definition) is 2. The Hall–Kier alpha value is -0.0800. The van der Waals surface area contributed by atoms with E-state index in [2.05, 4.69) is 6.92 Å². The minimum Gasteiger partial charge on any atom is -0.375 e. The van der Waals surface area contributed by atoms with Crippen molar-refractivity contribution in [1.82, 2.24) is 0 Å². The second-order valence-corrected chi connectivity index (χ2v) is 5.04. The van der Waals surface area contributed by atoms with Crippen molar-refractivity contribution in [3.05, 3.63) is 0 Å². The largest absolute Gasteiger partial charge is 0.375 e. The summed E-state index contributed by atoms with van der Waals surface area (Å²) in [6, 6.07) is 0.423. The van der Waals surface area contributed by atoms with Gasteiger partial charge >= 0.3 is 0 Å². The quantitative estimate of drug-likeness (QED) is 0.754. The molecular weight excluding hydrogens is 174 g/mol. The van der Waals surface area contributed by atoms with Crippen molar-refractivity contribution in [3.8, 4) is 0 Å². The predicted molar refractivity (Wildman–Crippen MR) is 58.1 cm³/mol. The van der Waals surface area contributed by atoms with Crippen LogP contribution in [0.15, 0.2) is 0 Å². The van der Waals surface area contributed by atoms with Crippen molar-refractivity contribution in [2.75, 3.05) is 0 Å². The van der Waals surface area contributed by atoms with Crippen LogP contribution in [0.5, 0.6) is 0 Å². The summed E-state index contributed by atoms with van der Waals surface area (Å²) in [4.78, 5) is 0. The maximum atomic E-state index is 6.01. The summed E-state index contributed by atoms with van der Waals surface area (Å²) in [5.41, 5.74) is 5.74. The van der Waals surface area contributed by atoms with Gasteiger partial charge in [-0.2, -0.15) is 0 Å². The average Bonchev–Trinajstić information content (AvgIpc) is 2.17. The van der Waals surface area contributed by atoms with Gasteiger partial charge in [0.1, 0.15) is 0 Å². The number of nitrogens with two attached hydrogens (primary N) is 1. The highest BCUT2D eigenvalue weighted by Crippen LogP contribution is 2.31. The number of hydrogen-bond donors (Lipinski definition) is 1. The zero-order valence-corrected chi connectivity index (χ0v) is 9.24. The van der Waals surface area contributed by atoms with Gasteiger partial charge < -0.3 is 10.5 Å². The molecule has 0 saturated heterocycles. The summed E-state index contributed by atoms with van der Waals surface area (Å²) < 4.78 is 6.01. The molecule has 0 unspecified atom stereocenters. The van der Waals surface area contributed by atoms with Crippen molar-refractivity contribution in [2.24, 2.45) is 11.7 Å². The summed E-state index contributed by atoms with van der Waals surface area (Å²) in [6.07, 6.45) is 9.89. The molecule has 2 aliphatic carbocycles. The maximum Gasteiger partial charge on any atom is 0.0608 e. The van der Waals surface area contributed by atoms with E-state index in [1.54, 1.807) is 0 Å². The second-order valence-electron chi connectivity index (χ2n) is 5.04. The van der Waals surface area contributed by atoms with Crippen molar-refractivity contribution in [2.45, 2.75) is 70.1 Å². The van der Waals surface area contributed by atoms with Gasteiger partial charge in [-0.3, -0.25) is 0 Å². The Labute approximate surface area is 87.2 Å². The third-order valence-corrected chi connectivity index (χ3v) is 3.89. The van der Waals surface area contributed by atoms with Crippen molar-refractivity contribution < 1.29 is 4.74 Å². The molecule has 0 aromatic carbocycles. The van der Waals surface area contributed by atoms with Crippen LogP contribution in [0.25, 0.3) is 0 Å². The molecule has 0 aliphatic heterocycles. The van der Waals surface area contributed by atoms with E-state index in [0.717, 1.165) is 18.8 Å².